The van der Waals surface area contributed by atoms with Crippen molar-refractivity contribution in [3.05, 3.63) is 6.42 Å². The molecule has 2 nitrogen and oxygen atoms in total. The Balaban J connectivity index is 2.89. The Morgan fingerprint density at radius 1 is 1.27 bits per heavy atom. The number of hydrogen-bond acceptors (Lipinski definition) is 2. The van der Waals surface area contributed by atoms with Gasteiger partial charge in [-0.25, -0.2) is 0 Å². The number of hydrogen-bond donors (Lipinski definition) is 2. The van der Waals surface area contributed by atoms with Crippen molar-refractivity contribution in [2.75, 3.05) is 6.61 Å². The van der Waals surface area contributed by atoms with Gasteiger partial charge in [0.1, 0.15) is 0 Å². The number of aliphatic hydroxyl groups excluding tert-OH is 2. The Morgan fingerprint density at radius 2 is 2.00 bits per heavy atom. The maximum absolute atomic E-state index is 8.91. The number of rotatable bonds is 7. The van der Waals surface area contributed by atoms with Crippen LogP contribution in [0, 0.1) is 6.42 Å². The molecule has 0 aliphatic rings. The van der Waals surface area contributed by atoms with Crippen LogP contribution in [0.1, 0.15) is 39.0 Å². The molecule has 0 heterocycles. The Bertz CT molecular complexity index is 74.0. The zero-order chi connectivity index (χ0) is 8.53. The summed E-state index contributed by atoms with van der Waals surface area (Å²) in [6.45, 7) is 2.03. The van der Waals surface area contributed by atoms with Crippen molar-refractivity contribution in [1.29, 1.82) is 0 Å². The van der Waals surface area contributed by atoms with Crippen molar-refractivity contribution in [3.63, 3.8) is 0 Å². The van der Waals surface area contributed by atoms with E-state index in [1.165, 1.54) is 19.3 Å². The Kier molecular flexibility index (Phi) is 7.96. The van der Waals surface area contributed by atoms with Crippen LogP contribution in [0.5, 0.6) is 0 Å². The summed E-state index contributed by atoms with van der Waals surface area (Å²) < 4.78 is 0. The molecule has 1 atom stereocenters. The van der Waals surface area contributed by atoms with Crippen molar-refractivity contribution < 1.29 is 10.2 Å². The van der Waals surface area contributed by atoms with E-state index in [1.807, 2.05) is 0 Å². The van der Waals surface area contributed by atoms with E-state index in [-0.39, 0.29) is 6.61 Å². The highest BCUT2D eigenvalue weighted by Crippen LogP contribution is 2.05. The van der Waals surface area contributed by atoms with Gasteiger partial charge in [-0.05, 0) is 12.8 Å². The van der Waals surface area contributed by atoms with Gasteiger partial charge < -0.3 is 10.2 Å². The van der Waals surface area contributed by atoms with E-state index in [0.717, 1.165) is 12.8 Å². The summed E-state index contributed by atoms with van der Waals surface area (Å²) in [4.78, 5) is 0. The molecule has 0 saturated heterocycles. The third-order valence-electron chi connectivity index (χ3n) is 1.68. The Labute approximate surface area is 69.2 Å². The molecule has 0 spiro atoms. The van der Waals surface area contributed by atoms with E-state index in [4.69, 9.17) is 10.2 Å². The summed E-state index contributed by atoms with van der Waals surface area (Å²) in [6, 6.07) is 0. The SMILES string of the molecule is CCCCCC[CH]C(O)CO. The third-order valence-corrected chi connectivity index (χ3v) is 1.68. The van der Waals surface area contributed by atoms with Gasteiger partial charge in [0.05, 0.1) is 12.7 Å². The lowest BCUT2D eigenvalue weighted by molar-refractivity contribution is 0.116. The number of aliphatic hydroxyl groups is 2. The largest absolute Gasteiger partial charge is 0.394 e. The van der Waals surface area contributed by atoms with Crippen molar-refractivity contribution in [2.45, 2.75) is 45.1 Å². The van der Waals surface area contributed by atoms with E-state index in [9.17, 15) is 0 Å². The van der Waals surface area contributed by atoms with Crippen LogP contribution < -0.4 is 0 Å². The maximum atomic E-state index is 8.91. The second kappa shape index (κ2) is 8.02. The average molecular weight is 159 g/mol. The second-order valence-electron chi connectivity index (χ2n) is 2.83. The van der Waals surface area contributed by atoms with Crippen LogP contribution in [-0.4, -0.2) is 22.9 Å². The summed E-state index contributed by atoms with van der Waals surface area (Å²) in [5.41, 5.74) is 0. The standard InChI is InChI=1S/C9H19O2/c1-2-3-4-5-6-7-9(11)8-10/h7,9-11H,2-6,8H2,1H3. The van der Waals surface area contributed by atoms with Gasteiger partial charge in [0.15, 0.2) is 0 Å². The van der Waals surface area contributed by atoms with Gasteiger partial charge in [-0.2, -0.15) is 0 Å². The minimum Gasteiger partial charge on any atom is -0.394 e. The van der Waals surface area contributed by atoms with Crippen molar-refractivity contribution in [1.82, 2.24) is 0 Å². The van der Waals surface area contributed by atoms with E-state index < -0.39 is 6.10 Å². The molecule has 2 heteroatoms. The number of unbranched alkanes of at least 4 members (excludes halogenated alkanes) is 4. The first-order valence-corrected chi connectivity index (χ1v) is 4.43. The highest BCUT2D eigenvalue weighted by molar-refractivity contribution is 4.73. The van der Waals surface area contributed by atoms with Crippen LogP contribution >= 0.6 is 0 Å². The molecule has 0 fully saturated rings. The summed E-state index contributed by atoms with van der Waals surface area (Å²) in [5, 5.41) is 17.4. The monoisotopic (exact) mass is 159 g/mol. The molecule has 0 aromatic rings. The predicted octanol–water partition coefficient (Wildman–Crippen LogP) is 1.51. The molecule has 0 aromatic carbocycles. The van der Waals surface area contributed by atoms with Crippen LogP contribution in [0.15, 0.2) is 0 Å². The quantitative estimate of drug-likeness (QED) is 0.553. The van der Waals surface area contributed by atoms with Crippen LogP contribution in [0.25, 0.3) is 0 Å². The smallest absolute Gasteiger partial charge is 0.0802 e. The van der Waals surface area contributed by atoms with Crippen molar-refractivity contribution >= 4 is 0 Å². The fraction of sp³-hybridized carbons (Fsp3) is 0.889. The highest BCUT2D eigenvalue weighted by Gasteiger charge is 2.00. The normalized spacial score (nSPS) is 13.4. The lowest BCUT2D eigenvalue weighted by atomic mass is 10.1. The highest BCUT2D eigenvalue weighted by atomic mass is 16.3. The van der Waals surface area contributed by atoms with Crippen LogP contribution in [-0.2, 0) is 0 Å². The molecule has 11 heavy (non-hydrogen) atoms. The van der Waals surface area contributed by atoms with Crippen LogP contribution in [0.2, 0.25) is 0 Å². The lowest BCUT2D eigenvalue weighted by Crippen LogP contribution is -2.11. The summed E-state index contributed by atoms with van der Waals surface area (Å²) in [7, 11) is 0. The summed E-state index contributed by atoms with van der Waals surface area (Å²) >= 11 is 0. The minimum atomic E-state index is -0.614. The molecule has 0 aliphatic carbocycles. The van der Waals surface area contributed by atoms with E-state index >= 15 is 0 Å². The molecule has 0 saturated carbocycles. The molecule has 0 aliphatic heterocycles. The molecule has 0 rings (SSSR count). The Hall–Kier alpha value is -0.0800. The van der Waals surface area contributed by atoms with Gasteiger partial charge in [-0.3, -0.25) is 0 Å². The predicted molar refractivity (Wildman–Crippen MR) is 46.2 cm³/mol. The molecular weight excluding hydrogens is 140 g/mol. The zero-order valence-electron chi connectivity index (χ0n) is 7.29. The van der Waals surface area contributed by atoms with E-state index in [2.05, 4.69) is 6.92 Å². The molecule has 0 aromatic heterocycles. The van der Waals surface area contributed by atoms with E-state index in [0.29, 0.717) is 0 Å². The van der Waals surface area contributed by atoms with Gasteiger partial charge >= 0.3 is 0 Å². The van der Waals surface area contributed by atoms with Gasteiger partial charge in [-0.15, -0.1) is 0 Å². The van der Waals surface area contributed by atoms with Crippen molar-refractivity contribution in [2.24, 2.45) is 0 Å². The topological polar surface area (TPSA) is 40.5 Å². The first-order chi connectivity index (χ1) is 5.31. The molecule has 1 unspecified atom stereocenters. The zero-order valence-corrected chi connectivity index (χ0v) is 7.29. The summed E-state index contributed by atoms with van der Waals surface area (Å²) in [5.74, 6) is 0. The van der Waals surface area contributed by atoms with Crippen LogP contribution in [0.3, 0.4) is 0 Å². The van der Waals surface area contributed by atoms with E-state index in [1.54, 1.807) is 6.42 Å². The van der Waals surface area contributed by atoms with Gasteiger partial charge in [-0.1, -0.05) is 32.6 Å². The molecule has 67 valence electrons. The first-order valence-electron chi connectivity index (χ1n) is 4.43. The third kappa shape index (κ3) is 7.82. The van der Waals surface area contributed by atoms with Gasteiger partial charge in [0.2, 0.25) is 0 Å². The van der Waals surface area contributed by atoms with Crippen LogP contribution in [0.4, 0.5) is 0 Å². The van der Waals surface area contributed by atoms with Crippen molar-refractivity contribution in [3.8, 4) is 0 Å². The summed E-state index contributed by atoms with van der Waals surface area (Å²) in [6.07, 6.45) is 6.94. The lowest BCUT2D eigenvalue weighted by Gasteiger charge is -2.04. The minimum absolute atomic E-state index is 0.145. The van der Waals surface area contributed by atoms with Gasteiger partial charge in [0, 0.05) is 0 Å². The molecular formula is C9H19O2. The fourth-order valence-electron chi connectivity index (χ4n) is 0.956. The second-order valence-corrected chi connectivity index (χ2v) is 2.83. The molecule has 2 N–H and O–H groups in total. The fourth-order valence-corrected chi connectivity index (χ4v) is 0.956. The maximum Gasteiger partial charge on any atom is 0.0802 e. The average Bonchev–Trinajstić information content (AvgIpc) is 2.04. The molecule has 0 amide bonds. The first kappa shape index (κ1) is 10.9. The molecule has 0 bridgehead atoms. The molecule has 1 radical (unpaired) electrons. The Morgan fingerprint density at radius 3 is 2.55 bits per heavy atom. The van der Waals surface area contributed by atoms with Gasteiger partial charge in [0.25, 0.3) is 0 Å².